The van der Waals surface area contributed by atoms with Crippen LogP contribution in [-0.2, 0) is 0 Å². The summed E-state index contributed by atoms with van der Waals surface area (Å²) in [6.07, 6.45) is 6.51. The second kappa shape index (κ2) is 9.69. The third-order valence-corrected chi connectivity index (χ3v) is 8.72. The molecule has 1 aliphatic heterocycles. The van der Waals surface area contributed by atoms with Crippen molar-refractivity contribution in [1.29, 1.82) is 0 Å². The fourth-order valence-electron chi connectivity index (χ4n) is 5.25. The first-order chi connectivity index (χ1) is 16.4. The molecule has 0 bridgehead atoms. The summed E-state index contributed by atoms with van der Waals surface area (Å²) in [5, 5.41) is 8.81. The van der Waals surface area contributed by atoms with Crippen LogP contribution in [0.3, 0.4) is 0 Å². The van der Waals surface area contributed by atoms with Crippen LogP contribution in [0.15, 0.2) is 54.7 Å². The van der Waals surface area contributed by atoms with E-state index in [-0.39, 0.29) is 7.92 Å². The highest BCUT2D eigenvalue weighted by atomic mass is 35.5. The van der Waals surface area contributed by atoms with Gasteiger partial charge in [0.2, 0.25) is 5.95 Å². The number of anilines is 5. The predicted octanol–water partition coefficient (Wildman–Crippen LogP) is 5.69. The van der Waals surface area contributed by atoms with Crippen LogP contribution in [0.1, 0.15) is 25.7 Å². The van der Waals surface area contributed by atoms with E-state index >= 15 is 0 Å². The lowest BCUT2D eigenvalue weighted by Gasteiger charge is -2.51. The predicted molar refractivity (Wildman–Crippen MR) is 146 cm³/mol. The molecule has 1 aromatic heterocycles. The van der Waals surface area contributed by atoms with Crippen molar-refractivity contribution in [3.63, 3.8) is 0 Å². The number of nitrogens with zero attached hydrogens (tertiary/aromatic N) is 3. The van der Waals surface area contributed by atoms with Crippen molar-refractivity contribution in [2.75, 3.05) is 42.0 Å². The summed E-state index contributed by atoms with van der Waals surface area (Å²) < 4.78 is 0. The van der Waals surface area contributed by atoms with Gasteiger partial charge in [-0.1, -0.05) is 37.7 Å². The Morgan fingerprint density at radius 1 is 1.06 bits per heavy atom. The van der Waals surface area contributed by atoms with Crippen molar-refractivity contribution in [3.05, 3.63) is 59.8 Å². The summed E-state index contributed by atoms with van der Waals surface area (Å²) in [5.74, 6) is 1.28. The maximum absolute atomic E-state index is 6.70. The van der Waals surface area contributed by atoms with Gasteiger partial charge in [0.1, 0.15) is 5.82 Å². The van der Waals surface area contributed by atoms with Gasteiger partial charge in [-0.15, -0.1) is 0 Å². The number of nitrogens with one attached hydrogen (secondary N) is 2. The average molecular weight is 495 g/mol. The smallest absolute Gasteiger partial charge is 0.229 e. The molecular weight excluding hydrogens is 463 g/mol. The second-order valence-electron chi connectivity index (χ2n) is 9.75. The zero-order chi connectivity index (χ0) is 23.7. The molecule has 0 unspecified atom stereocenters. The fourth-order valence-corrected chi connectivity index (χ4v) is 6.55. The summed E-state index contributed by atoms with van der Waals surface area (Å²) in [6.45, 7) is 6.58. The summed E-state index contributed by atoms with van der Waals surface area (Å²) in [4.78, 5) is 11.4. The summed E-state index contributed by atoms with van der Waals surface area (Å²) in [6, 6.07) is 16.8. The molecule has 178 valence electrons. The second-order valence-corrected chi connectivity index (χ2v) is 12.4. The Balaban J connectivity index is 1.25. The van der Waals surface area contributed by atoms with Crippen molar-refractivity contribution in [3.8, 4) is 0 Å². The van der Waals surface area contributed by atoms with E-state index in [9.17, 15) is 0 Å². The number of benzene rings is 2. The number of piperidine rings is 1. The van der Waals surface area contributed by atoms with Crippen molar-refractivity contribution in [2.24, 2.45) is 11.1 Å². The van der Waals surface area contributed by atoms with E-state index in [4.69, 9.17) is 17.3 Å². The van der Waals surface area contributed by atoms with E-state index in [0.29, 0.717) is 17.4 Å². The van der Waals surface area contributed by atoms with Gasteiger partial charge in [0, 0.05) is 36.7 Å². The molecule has 0 radical (unpaired) electrons. The Kier molecular flexibility index (Phi) is 6.65. The fraction of sp³-hybridized carbons (Fsp3) is 0.385. The Bertz CT molecular complexity index is 1150. The van der Waals surface area contributed by atoms with Crippen LogP contribution in [-0.4, -0.2) is 42.4 Å². The maximum Gasteiger partial charge on any atom is 0.229 e. The highest BCUT2D eigenvalue weighted by molar-refractivity contribution is 7.64. The Labute approximate surface area is 208 Å². The van der Waals surface area contributed by atoms with E-state index in [0.717, 1.165) is 41.0 Å². The van der Waals surface area contributed by atoms with Gasteiger partial charge in [0.05, 0.1) is 10.7 Å². The Morgan fingerprint density at radius 2 is 1.82 bits per heavy atom. The van der Waals surface area contributed by atoms with Crippen LogP contribution in [0.4, 0.5) is 28.8 Å². The molecule has 2 aliphatic rings. The molecular formula is C26H32ClN6P. The van der Waals surface area contributed by atoms with Crippen LogP contribution < -0.4 is 26.6 Å². The molecule has 4 N–H and O–H groups in total. The summed E-state index contributed by atoms with van der Waals surface area (Å²) >= 11 is 6.70. The SMILES string of the molecule is CP(C)c1ccccc1Nc1ccnc(Nc2ccc(N3CCC4(CC3)CC(N)C4)c(Cl)c2)n1. The van der Waals surface area contributed by atoms with Gasteiger partial charge in [-0.2, -0.15) is 4.98 Å². The highest BCUT2D eigenvalue weighted by Gasteiger charge is 2.44. The maximum atomic E-state index is 6.70. The van der Waals surface area contributed by atoms with Crippen molar-refractivity contribution < 1.29 is 0 Å². The molecule has 0 atom stereocenters. The molecule has 1 spiro atoms. The van der Waals surface area contributed by atoms with Crippen LogP contribution in [0.5, 0.6) is 0 Å². The van der Waals surface area contributed by atoms with Crippen LogP contribution >= 0.6 is 19.5 Å². The van der Waals surface area contributed by atoms with Gasteiger partial charge < -0.3 is 21.3 Å². The first-order valence-electron chi connectivity index (χ1n) is 11.8. The Hall–Kier alpha value is -2.40. The largest absolute Gasteiger partial charge is 0.370 e. The molecule has 6 nitrogen and oxygen atoms in total. The van der Waals surface area contributed by atoms with E-state index < -0.39 is 0 Å². The molecule has 2 aromatic carbocycles. The van der Waals surface area contributed by atoms with E-state index in [1.807, 2.05) is 24.3 Å². The monoisotopic (exact) mass is 494 g/mol. The van der Waals surface area contributed by atoms with Gasteiger partial charge >= 0.3 is 0 Å². The number of rotatable bonds is 6. The molecule has 5 rings (SSSR count). The lowest BCUT2D eigenvalue weighted by Crippen LogP contribution is -2.52. The minimum absolute atomic E-state index is 0.224. The molecule has 1 saturated carbocycles. The molecule has 1 saturated heterocycles. The zero-order valence-electron chi connectivity index (χ0n) is 19.8. The quantitative estimate of drug-likeness (QED) is 0.382. The summed E-state index contributed by atoms with van der Waals surface area (Å²) in [7, 11) is -0.224. The zero-order valence-corrected chi connectivity index (χ0v) is 21.4. The van der Waals surface area contributed by atoms with Crippen LogP contribution in [0, 0.1) is 5.41 Å². The van der Waals surface area contributed by atoms with Gasteiger partial charge in [0.25, 0.3) is 0 Å². The number of para-hydroxylation sites is 1. The first-order valence-corrected chi connectivity index (χ1v) is 14.5. The molecule has 2 fully saturated rings. The van der Waals surface area contributed by atoms with Gasteiger partial charge in [-0.05, 0) is 80.1 Å². The van der Waals surface area contributed by atoms with Crippen molar-refractivity contribution >= 4 is 53.7 Å². The summed E-state index contributed by atoms with van der Waals surface area (Å²) in [5.41, 5.74) is 9.58. The van der Waals surface area contributed by atoms with Gasteiger partial charge in [-0.3, -0.25) is 0 Å². The third-order valence-electron chi connectivity index (χ3n) is 7.06. The molecule has 3 aromatic rings. The van der Waals surface area contributed by atoms with Crippen molar-refractivity contribution in [2.45, 2.75) is 31.7 Å². The third kappa shape index (κ3) is 5.00. The molecule has 1 aliphatic carbocycles. The number of hydrogen-bond acceptors (Lipinski definition) is 6. The van der Waals surface area contributed by atoms with Crippen LogP contribution in [0.2, 0.25) is 5.02 Å². The highest BCUT2D eigenvalue weighted by Crippen LogP contribution is 2.49. The first kappa shape index (κ1) is 23.3. The lowest BCUT2D eigenvalue weighted by molar-refractivity contribution is 0.0713. The number of aromatic nitrogens is 2. The minimum Gasteiger partial charge on any atom is -0.370 e. The number of hydrogen-bond donors (Lipinski definition) is 3. The van der Waals surface area contributed by atoms with Crippen LogP contribution in [0.25, 0.3) is 0 Å². The average Bonchev–Trinajstić information content (AvgIpc) is 2.80. The van der Waals surface area contributed by atoms with E-state index in [1.54, 1.807) is 6.20 Å². The lowest BCUT2D eigenvalue weighted by atomic mass is 9.60. The number of halogens is 1. The van der Waals surface area contributed by atoms with E-state index in [1.165, 1.54) is 31.0 Å². The van der Waals surface area contributed by atoms with Crippen molar-refractivity contribution in [1.82, 2.24) is 9.97 Å². The molecule has 0 amide bonds. The minimum atomic E-state index is -0.224. The number of nitrogens with two attached hydrogens (primary N) is 1. The normalized spacial score (nSPS) is 17.6. The molecule has 2 heterocycles. The van der Waals surface area contributed by atoms with E-state index in [2.05, 4.69) is 63.1 Å². The topological polar surface area (TPSA) is 79.1 Å². The van der Waals surface area contributed by atoms with Gasteiger partial charge in [0.15, 0.2) is 0 Å². The van der Waals surface area contributed by atoms with Gasteiger partial charge in [-0.25, -0.2) is 4.98 Å². The standard InChI is InChI=1S/C26H32ClN6P/c1-34(2)23-6-4-3-5-21(23)31-24-9-12-29-25(32-24)30-19-7-8-22(20(27)15-19)33-13-10-26(11-14-33)16-18(28)17-26/h3-9,12,15,18H,10-11,13-14,16-17,28H2,1-2H3,(H2,29,30,31,32). The molecule has 8 heteroatoms. The Morgan fingerprint density at radius 3 is 2.53 bits per heavy atom. The molecule has 34 heavy (non-hydrogen) atoms.